The quantitative estimate of drug-likeness (QED) is 0.394. The van der Waals surface area contributed by atoms with Crippen molar-refractivity contribution in [1.82, 2.24) is 0 Å². The lowest BCUT2D eigenvalue weighted by Gasteiger charge is -2.09. The Balaban J connectivity index is 0. The Morgan fingerprint density at radius 2 is 1.64 bits per heavy atom. The Kier molecular flexibility index (Phi) is 13.0. The van der Waals surface area contributed by atoms with Crippen LogP contribution in [-0.4, -0.2) is 19.6 Å². The second-order valence-electron chi connectivity index (χ2n) is 2.62. The molecule has 0 aliphatic rings. The molecular weight excluding hydrogens is 206 g/mol. The van der Waals surface area contributed by atoms with E-state index in [-0.39, 0.29) is 18.3 Å². The van der Waals surface area contributed by atoms with Gasteiger partial charge in [0.15, 0.2) is 0 Å². The van der Waals surface area contributed by atoms with Crippen LogP contribution in [0.1, 0.15) is 12.8 Å². The first-order valence-electron chi connectivity index (χ1n) is 4.07. The van der Waals surface area contributed by atoms with Crippen molar-refractivity contribution in [1.29, 1.82) is 0 Å². The lowest BCUT2D eigenvalue weighted by molar-refractivity contribution is 0.491. The van der Waals surface area contributed by atoms with Crippen LogP contribution in [0.2, 0.25) is 0 Å². The fourth-order valence-corrected chi connectivity index (χ4v) is 0.951. The highest BCUT2D eigenvalue weighted by atomic mass is 35.5. The SMILES string of the molecule is Cl.[N-]=[N+]=NCC(CCCN)CN=[N+]=[N-]. The summed E-state index contributed by atoms with van der Waals surface area (Å²) >= 11 is 0. The molecule has 14 heavy (non-hydrogen) atoms. The predicted octanol–water partition coefficient (Wildman–Crippen LogP) is 2.38. The molecule has 2 N–H and O–H groups in total. The molecule has 0 radical (unpaired) electrons. The molecule has 0 rings (SSSR count). The van der Waals surface area contributed by atoms with Gasteiger partial charge in [0.2, 0.25) is 0 Å². The van der Waals surface area contributed by atoms with Crippen LogP contribution in [-0.2, 0) is 0 Å². The number of halogens is 1. The summed E-state index contributed by atoms with van der Waals surface area (Å²) < 4.78 is 0. The summed E-state index contributed by atoms with van der Waals surface area (Å²) in [6, 6.07) is 0. The largest absolute Gasteiger partial charge is 0.330 e. The van der Waals surface area contributed by atoms with Crippen molar-refractivity contribution in [3.63, 3.8) is 0 Å². The van der Waals surface area contributed by atoms with Crippen LogP contribution >= 0.6 is 12.4 Å². The van der Waals surface area contributed by atoms with Gasteiger partial charge in [0.1, 0.15) is 0 Å². The Hall–Kier alpha value is -1.13. The summed E-state index contributed by atoms with van der Waals surface area (Å²) in [6.07, 6.45) is 1.68. The second kappa shape index (κ2) is 11.9. The summed E-state index contributed by atoms with van der Waals surface area (Å²) in [5.41, 5.74) is 21.5. The third-order valence-corrected chi connectivity index (χ3v) is 1.62. The fraction of sp³-hybridized carbons (Fsp3) is 1.00. The highest BCUT2D eigenvalue weighted by Gasteiger charge is 2.05. The minimum absolute atomic E-state index is 0. The van der Waals surface area contributed by atoms with E-state index in [1.54, 1.807) is 0 Å². The van der Waals surface area contributed by atoms with Gasteiger partial charge in [-0.25, -0.2) is 0 Å². The highest BCUT2D eigenvalue weighted by molar-refractivity contribution is 5.85. The van der Waals surface area contributed by atoms with E-state index >= 15 is 0 Å². The molecule has 0 aliphatic heterocycles. The van der Waals surface area contributed by atoms with E-state index in [1.807, 2.05) is 0 Å². The van der Waals surface area contributed by atoms with Gasteiger partial charge < -0.3 is 5.73 Å². The molecule has 0 aromatic rings. The molecule has 0 bridgehead atoms. The van der Waals surface area contributed by atoms with Gasteiger partial charge >= 0.3 is 0 Å². The summed E-state index contributed by atoms with van der Waals surface area (Å²) in [5, 5.41) is 6.87. The first-order chi connectivity index (χ1) is 6.35. The van der Waals surface area contributed by atoms with Crippen molar-refractivity contribution in [2.24, 2.45) is 21.9 Å². The number of nitrogens with two attached hydrogens (primary N) is 1. The monoisotopic (exact) mass is 219 g/mol. The summed E-state index contributed by atoms with van der Waals surface area (Å²) in [4.78, 5) is 5.30. The smallest absolute Gasteiger partial charge is 0.0287 e. The van der Waals surface area contributed by atoms with Crippen molar-refractivity contribution in [3.8, 4) is 0 Å². The van der Waals surface area contributed by atoms with E-state index in [0.717, 1.165) is 12.8 Å². The molecule has 0 aromatic carbocycles. The minimum atomic E-state index is 0. The zero-order chi connectivity index (χ0) is 9.94. The lowest BCUT2D eigenvalue weighted by Crippen LogP contribution is -2.11. The second-order valence-corrected chi connectivity index (χ2v) is 2.62. The summed E-state index contributed by atoms with van der Waals surface area (Å²) in [7, 11) is 0. The maximum atomic E-state index is 8.10. The van der Waals surface area contributed by atoms with Crippen LogP contribution in [0.4, 0.5) is 0 Å². The van der Waals surface area contributed by atoms with Crippen LogP contribution in [0.5, 0.6) is 0 Å². The Morgan fingerprint density at radius 1 is 1.14 bits per heavy atom. The molecule has 7 nitrogen and oxygen atoms in total. The Labute approximate surface area is 88.3 Å². The summed E-state index contributed by atoms with van der Waals surface area (Å²) in [6.45, 7) is 1.34. The molecule has 0 saturated carbocycles. The van der Waals surface area contributed by atoms with Gasteiger partial charge in [-0.2, -0.15) is 0 Å². The number of nitrogens with zero attached hydrogens (tertiary/aromatic N) is 6. The maximum Gasteiger partial charge on any atom is 0.0287 e. The van der Waals surface area contributed by atoms with Crippen LogP contribution in [0.25, 0.3) is 20.9 Å². The first kappa shape index (κ1) is 15.3. The van der Waals surface area contributed by atoms with Gasteiger partial charge in [-0.1, -0.05) is 10.2 Å². The van der Waals surface area contributed by atoms with Crippen LogP contribution in [0, 0.1) is 5.92 Å². The highest BCUT2D eigenvalue weighted by Crippen LogP contribution is 2.07. The van der Waals surface area contributed by atoms with Gasteiger partial charge in [-0.15, -0.1) is 12.4 Å². The van der Waals surface area contributed by atoms with E-state index in [1.165, 1.54) is 0 Å². The van der Waals surface area contributed by atoms with Gasteiger partial charge in [0.05, 0.1) is 0 Å². The van der Waals surface area contributed by atoms with Gasteiger partial charge in [-0.3, -0.25) is 0 Å². The Bertz CT molecular complexity index is 198. The minimum Gasteiger partial charge on any atom is -0.330 e. The van der Waals surface area contributed by atoms with E-state index in [2.05, 4.69) is 20.1 Å². The predicted molar refractivity (Wildman–Crippen MR) is 57.1 cm³/mol. The van der Waals surface area contributed by atoms with Crippen molar-refractivity contribution >= 4 is 12.4 Å². The van der Waals surface area contributed by atoms with Crippen molar-refractivity contribution in [3.05, 3.63) is 20.9 Å². The van der Waals surface area contributed by atoms with Crippen LogP contribution in [0.3, 0.4) is 0 Å². The molecule has 8 heteroatoms. The number of hydrogen-bond donors (Lipinski definition) is 1. The number of azide groups is 2. The summed E-state index contributed by atoms with van der Waals surface area (Å²) in [5.74, 6) is 0.121. The molecule has 0 heterocycles. The van der Waals surface area contributed by atoms with Crippen LogP contribution in [0.15, 0.2) is 10.2 Å². The molecule has 0 spiro atoms. The van der Waals surface area contributed by atoms with Gasteiger partial charge in [0.25, 0.3) is 0 Å². The number of hydrogen-bond acceptors (Lipinski definition) is 3. The topological polar surface area (TPSA) is 124 Å². The fourth-order valence-electron chi connectivity index (χ4n) is 0.951. The molecule has 0 amide bonds. The van der Waals surface area contributed by atoms with E-state index in [9.17, 15) is 0 Å². The standard InChI is InChI=1S/C6H13N7.ClH/c7-3-1-2-6(4-10-12-8)5-11-13-9;/h6H,1-5,7H2;1H. The van der Waals surface area contributed by atoms with E-state index < -0.39 is 0 Å². The average molecular weight is 220 g/mol. The van der Waals surface area contributed by atoms with Crippen molar-refractivity contribution in [2.45, 2.75) is 12.8 Å². The third-order valence-electron chi connectivity index (χ3n) is 1.62. The molecule has 0 saturated heterocycles. The average Bonchev–Trinajstić information content (AvgIpc) is 2.17. The van der Waals surface area contributed by atoms with Gasteiger partial charge in [0, 0.05) is 22.9 Å². The van der Waals surface area contributed by atoms with Gasteiger partial charge in [-0.05, 0) is 36.4 Å². The molecule has 0 atom stereocenters. The van der Waals surface area contributed by atoms with Crippen LogP contribution < -0.4 is 5.73 Å². The normalized spacial score (nSPS) is 10.4. The maximum absolute atomic E-state index is 8.10. The molecule has 0 fully saturated rings. The molecule has 0 aromatic heterocycles. The number of rotatable bonds is 7. The lowest BCUT2D eigenvalue weighted by atomic mass is 10.0. The zero-order valence-electron chi connectivity index (χ0n) is 7.78. The van der Waals surface area contributed by atoms with Crippen molar-refractivity contribution < 1.29 is 0 Å². The van der Waals surface area contributed by atoms with E-state index in [0.29, 0.717) is 19.6 Å². The first-order valence-corrected chi connectivity index (χ1v) is 4.07. The Morgan fingerprint density at radius 3 is 2.00 bits per heavy atom. The molecule has 0 aliphatic carbocycles. The molecular formula is C6H14ClN7. The van der Waals surface area contributed by atoms with Crippen molar-refractivity contribution in [2.75, 3.05) is 19.6 Å². The molecule has 80 valence electrons. The van der Waals surface area contributed by atoms with E-state index in [4.69, 9.17) is 16.8 Å². The third kappa shape index (κ3) is 8.96. The zero-order valence-corrected chi connectivity index (χ0v) is 8.60. The molecule has 0 unspecified atom stereocenters.